The minimum Gasteiger partial charge on any atom is -0.398 e. The van der Waals surface area contributed by atoms with Crippen LogP contribution in [0.2, 0.25) is 5.02 Å². The summed E-state index contributed by atoms with van der Waals surface area (Å²) < 4.78 is 18.2. The average Bonchev–Trinajstić information content (AvgIpc) is 2.74. The first-order valence-electron chi connectivity index (χ1n) is 4.07. The third-order valence-corrected chi connectivity index (χ3v) is 3.97. The number of aromatic nitrogens is 2. The number of nitrogen functional groups attached to an aromatic ring is 2. The molecule has 0 spiro atoms. The predicted molar refractivity (Wildman–Crippen MR) is 64.3 cm³/mol. The third kappa shape index (κ3) is 2.06. The Labute approximate surface area is 104 Å². The summed E-state index contributed by atoms with van der Waals surface area (Å²) in [5.41, 5.74) is 11.5. The molecule has 0 fully saturated rings. The Balaban J connectivity index is 2.45. The SMILES string of the molecule is Nc1cc(N)c(Sc2ncns2)c(F)c1Cl. The van der Waals surface area contributed by atoms with Crippen LogP contribution in [0.4, 0.5) is 15.8 Å². The lowest BCUT2D eigenvalue weighted by Gasteiger charge is -2.08. The van der Waals surface area contributed by atoms with Crippen LogP contribution in [0.25, 0.3) is 0 Å². The van der Waals surface area contributed by atoms with Gasteiger partial charge in [0.2, 0.25) is 0 Å². The van der Waals surface area contributed by atoms with Gasteiger partial charge in [0.15, 0.2) is 10.2 Å². The highest BCUT2D eigenvalue weighted by atomic mass is 35.5. The van der Waals surface area contributed by atoms with Gasteiger partial charge in [-0.25, -0.2) is 9.37 Å². The van der Waals surface area contributed by atoms with Crippen LogP contribution in [0.1, 0.15) is 0 Å². The van der Waals surface area contributed by atoms with E-state index in [1.165, 1.54) is 12.4 Å². The van der Waals surface area contributed by atoms with Crippen molar-refractivity contribution in [1.82, 2.24) is 9.36 Å². The van der Waals surface area contributed by atoms with Crippen LogP contribution in [0.5, 0.6) is 0 Å². The largest absolute Gasteiger partial charge is 0.398 e. The summed E-state index contributed by atoms with van der Waals surface area (Å²) >= 11 is 7.92. The maximum atomic E-state index is 13.8. The summed E-state index contributed by atoms with van der Waals surface area (Å²) in [5.74, 6) is -0.626. The van der Waals surface area contributed by atoms with Crippen molar-refractivity contribution >= 4 is 46.3 Å². The Morgan fingerprint density at radius 2 is 2.12 bits per heavy atom. The first-order valence-corrected chi connectivity index (χ1v) is 6.04. The Morgan fingerprint density at radius 1 is 1.38 bits per heavy atom. The molecule has 0 aliphatic carbocycles. The van der Waals surface area contributed by atoms with Gasteiger partial charge in [0, 0.05) is 0 Å². The van der Waals surface area contributed by atoms with E-state index in [0.717, 1.165) is 23.3 Å². The van der Waals surface area contributed by atoms with Gasteiger partial charge >= 0.3 is 0 Å². The number of anilines is 2. The van der Waals surface area contributed by atoms with Gasteiger partial charge in [0.05, 0.1) is 16.3 Å². The monoisotopic (exact) mass is 276 g/mol. The van der Waals surface area contributed by atoms with E-state index in [0.29, 0.717) is 4.34 Å². The predicted octanol–water partition coefficient (Wildman–Crippen LogP) is 2.65. The second kappa shape index (κ2) is 4.44. The van der Waals surface area contributed by atoms with Gasteiger partial charge in [0.25, 0.3) is 0 Å². The minimum absolute atomic E-state index is 0.123. The summed E-state index contributed by atoms with van der Waals surface area (Å²) in [6.07, 6.45) is 1.39. The van der Waals surface area contributed by atoms with Crippen molar-refractivity contribution in [3.8, 4) is 0 Å². The van der Waals surface area contributed by atoms with E-state index in [4.69, 9.17) is 23.1 Å². The van der Waals surface area contributed by atoms with Crippen molar-refractivity contribution in [2.24, 2.45) is 0 Å². The zero-order valence-corrected chi connectivity index (χ0v) is 10.2. The molecular weight excluding hydrogens is 271 g/mol. The van der Waals surface area contributed by atoms with Crippen molar-refractivity contribution in [3.63, 3.8) is 0 Å². The highest BCUT2D eigenvalue weighted by molar-refractivity contribution is 8.01. The van der Waals surface area contributed by atoms with Crippen LogP contribution in [-0.4, -0.2) is 9.36 Å². The molecule has 16 heavy (non-hydrogen) atoms. The van der Waals surface area contributed by atoms with Gasteiger partial charge in [0.1, 0.15) is 11.3 Å². The molecule has 0 bridgehead atoms. The van der Waals surface area contributed by atoms with E-state index in [9.17, 15) is 4.39 Å². The molecule has 1 aromatic heterocycles. The van der Waals surface area contributed by atoms with Crippen LogP contribution >= 0.6 is 34.9 Å². The van der Waals surface area contributed by atoms with E-state index in [2.05, 4.69) is 9.36 Å². The van der Waals surface area contributed by atoms with Crippen LogP contribution in [0.15, 0.2) is 21.6 Å². The topological polar surface area (TPSA) is 77.8 Å². The lowest BCUT2D eigenvalue weighted by molar-refractivity contribution is 0.604. The van der Waals surface area contributed by atoms with Crippen molar-refractivity contribution in [1.29, 1.82) is 0 Å². The molecule has 2 rings (SSSR count). The van der Waals surface area contributed by atoms with E-state index in [1.807, 2.05) is 0 Å². The van der Waals surface area contributed by atoms with Crippen molar-refractivity contribution in [2.45, 2.75) is 9.24 Å². The maximum absolute atomic E-state index is 13.8. The third-order valence-electron chi connectivity index (χ3n) is 1.75. The highest BCUT2D eigenvalue weighted by Gasteiger charge is 2.16. The lowest BCUT2D eigenvalue weighted by atomic mass is 10.3. The molecule has 4 N–H and O–H groups in total. The fraction of sp³-hybridized carbons (Fsp3) is 0. The van der Waals surface area contributed by atoms with Crippen molar-refractivity contribution < 1.29 is 4.39 Å². The maximum Gasteiger partial charge on any atom is 0.174 e. The van der Waals surface area contributed by atoms with Crippen LogP contribution < -0.4 is 11.5 Å². The highest BCUT2D eigenvalue weighted by Crippen LogP contribution is 2.39. The molecule has 0 saturated carbocycles. The van der Waals surface area contributed by atoms with Gasteiger partial charge in [-0.05, 0) is 17.6 Å². The molecule has 0 aliphatic heterocycles. The summed E-state index contributed by atoms with van der Waals surface area (Å²) in [6, 6.07) is 1.43. The average molecular weight is 277 g/mol. The Morgan fingerprint density at radius 3 is 2.75 bits per heavy atom. The second-order valence-electron chi connectivity index (χ2n) is 2.82. The molecule has 84 valence electrons. The summed E-state index contributed by atoms with van der Waals surface area (Å²) in [4.78, 5) is 4.14. The van der Waals surface area contributed by atoms with Gasteiger partial charge in [-0.3, -0.25) is 0 Å². The molecule has 1 heterocycles. The Hall–Kier alpha value is -1.05. The first-order chi connectivity index (χ1) is 7.59. The number of halogens is 2. The zero-order chi connectivity index (χ0) is 11.7. The number of nitrogens with two attached hydrogens (primary N) is 2. The van der Waals surface area contributed by atoms with E-state index in [-0.39, 0.29) is 21.3 Å². The van der Waals surface area contributed by atoms with E-state index >= 15 is 0 Å². The number of hydrogen-bond acceptors (Lipinski definition) is 6. The van der Waals surface area contributed by atoms with Crippen molar-refractivity contribution in [2.75, 3.05) is 11.5 Å². The molecule has 0 radical (unpaired) electrons. The smallest absolute Gasteiger partial charge is 0.174 e. The fourth-order valence-electron chi connectivity index (χ4n) is 1.05. The molecule has 0 amide bonds. The summed E-state index contributed by atoms with van der Waals surface area (Å²) in [6.45, 7) is 0. The van der Waals surface area contributed by atoms with Crippen LogP contribution in [0.3, 0.4) is 0 Å². The number of rotatable bonds is 2. The molecule has 2 aromatic rings. The lowest BCUT2D eigenvalue weighted by Crippen LogP contribution is -1.97. The Bertz CT molecular complexity index is 517. The second-order valence-corrected chi connectivity index (χ2v) is 5.24. The zero-order valence-electron chi connectivity index (χ0n) is 7.78. The molecule has 0 unspecified atom stereocenters. The van der Waals surface area contributed by atoms with Crippen LogP contribution in [0, 0.1) is 5.82 Å². The van der Waals surface area contributed by atoms with E-state index < -0.39 is 5.82 Å². The summed E-state index contributed by atoms with van der Waals surface area (Å²) in [5, 5.41) is -0.124. The van der Waals surface area contributed by atoms with Gasteiger partial charge in [-0.1, -0.05) is 23.4 Å². The van der Waals surface area contributed by atoms with Crippen molar-refractivity contribution in [3.05, 3.63) is 23.2 Å². The molecular formula is C8H6ClFN4S2. The van der Waals surface area contributed by atoms with Gasteiger partial charge in [-0.15, -0.1) is 0 Å². The molecule has 0 saturated heterocycles. The molecule has 1 aromatic carbocycles. The fourth-order valence-corrected chi connectivity index (χ4v) is 2.70. The quantitative estimate of drug-likeness (QED) is 0.825. The Kier molecular flexibility index (Phi) is 3.17. The summed E-state index contributed by atoms with van der Waals surface area (Å²) in [7, 11) is 0. The van der Waals surface area contributed by atoms with Crippen LogP contribution in [-0.2, 0) is 0 Å². The minimum atomic E-state index is -0.626. The molecule has 0 aliphatic rings. The first kappa shape index (κ1) is 11.4. The number of nitrogens with zero attached hydrogens (tertiary/aromatic N) is 2. The molecule has 4 nitrogen and oxygen atoms in total. The van der Waals surface area contributed by atoms with E-state index in [1.54, 1.807) is 0 Å². The number of benzene rings is 1. The normalized spacial score (nSPS) is 10.6. The van der Waals surface area contributed by atoms with Gasteiger partial charge < -0.3 is 11.5 Å². The molecule has 0 atom stereocenters. The standard InChI is InChI=1S/C8H6ClFN4S2/c9-5-3(11)1-4(12)7(6(5)10)15-8-13-2-14-16-8/h1-2H,11-12H2. The molecule has 8 heteroatoms. The number of hydrogen-bond donors (Lipinski definition) is 2. The van der Waals surface area contributed by atoms with Gasteiger partial charge in [-0.2, -0.15) is 4.37 Å².